The molecule has 7 heteroatoms. The zero-order chi connectivity index (χ0) is 20.5. The van der Waals surface area contributed by atoms with Crippen LogP contribution in [0.4, 0.5) is 5.69 Å². The fraction of sp³-hybridized carbons (Fsp3) is 0.136. The van der Waals surface area contributed by atoms with Crippen molar-refractivity contribution in [3.05, 3.63) is 76.0 Å². The molecule has 0 unspecified atom stereocenters. The van der Waals surface area contributed by atoms with Gasteiger partial charge in [-0.15, -0.1) is 0 Å². The van der Waals surface area contributed by atoms with Gasteiger partial charge in [-0.25, -0.2) is 9.67 Å². The van der Waals surface area contributed by atoms with Crippen molar-refractivity contribution in [1.29, 1.82) is 0 Å². The number of benzene rings is 2. The monoisotopic (exact) mass is 424 g/mol. The highest BCUT2D eigenvalue weighted by atomic mass is 35.5. The van der Waals surface area contributed by atoms with Gasteiger partial charge in [0.05, 0.1) is 16.4 Å². The molecule has 146 valence electrons. The highest BCUT2D eigenvalue weighted by molar-refractivity contribution is 6.36. The maximum Gasteiger partial charge on any atom is 0.246 e. The molecule has 0 saturated carbocycles. The van der Waals surface area contributed by atoms with Crippen LogP contribution in [0, 0.1) is 13.8 Å². The predicted octanol–water partition coefficient (Wildman–Crippen LogP) is 5.66. The molecule has 0 radical (unpaired) electrons. The van der Waals surface area contributed by atoms with Crippen LogP contribution in [0.2, 0.25) is 10.0 Å². The van der Waals surface area contributed by atoms with E-state index in [1.54, 1.807) is 29.1 Å². The Kier molecular flexibility index (Phi) is 5.26. The first-order valence-corrected chi connectivity index (χ1v) is 9.82. The molecule has 0 atom stereocenters. The molecule has 2 heterocycles. The number of carbonyl (C=O) groups is 1. The van der Waals surface area contributed by atoms with Crippen molar-refractivity contribution in [2.75, 3.05) is 5.32 Å². The second kappa shape index (κ2) is 7.85. The molecule has 4 aromatic rings. The van der Waals surface area contributed by atoms with Crippen molar-refractivity contribution in [2.45, 2.75) is 20.4 Å². The Morgan fingerprint density at radius 1 is 1.10 bits per heavy atom. The van der Waals surface area contributed by atoms with E-state index in [0.717, 1.165) is 22.2 Å². The zero-order valence-electron chi connectivity index (χ0n) is 15.9. The molecule has 0 fully saturated rings. The molecule has 0 aliphatic carbocycles. The first-order chi connectivity index (χ1) is 13.9. The molecule has 29 heavy (non-hydrogen) atoms. The minimum absolute atomic E-state index is 0.0214. The number of carbonyl (C=O) groups excluding carboxylic acids is 1. The Bertz CT molecular complexity index is 1230. The molecule has 5 nitrogen and oxygen atoms in total. The molecule has 0 aliphatic heterocycles. The van der Waals surface area contributed by atoms with E-state index >= 15 is 0 Å². The van der Waals surface area contributed by atoms with Crippen molar-refractivity contribution in [3.8, 4) is 11.1 Å². The number of fused-ring (bicyclic) bond motifs is 1. The molecule has 2 aromatic carbocycles. The molecule has 4 rings (SSSR count). The highest BCUT2D eigenvalue weighted by Crippen LogP contribution is 2.30. The van der Waals surface area contributed by atoms with Crippen LogP contribution in [-0.2, 0) is 11.3 Å². The number of hydrogen-bond acceptors (Lipinski definition) is 3. The standard InChI is InChI=1S/C22H18Cl2N4O/c1-13-4-3-5-15(10-13)17-8-9-25-22-21(17)14(2)27-28(22)12-20(29)26-19-7-6-16(23)11-18(19)24/h3-11H,12H2,1-2H3,(H,26,29). The van der Waals surface area contributed by atoms with Gasteiger partial charge in [-0.05, 0) is 49.2 Å². The quantitative estimate of drug-likeness (QED) is 0.459. The lowest BCUT2D eigenvalue weighted by molar-refractivity contribution is -0.116. The predicted molar refractivity (Wildman–Crippen MR) is 118 cm³/mol. The van der Waals surface area contributed by atoms with Gasteiger partial charge in [-0.2, -0.15) is 5.10 Å². The van der Waals surface area contributed by atoms with Gasteiger partial charge in [0.2, 0.25) is 5.91 Å². The van der Waals surface area contributed by atoms with Crippen LogP contribution in [0.5, 0.6) is 0 Å². The molecule has 1 amide bonds. The summed E-state index contributed by atoms with van der Waals surface area (Å²) in [5, 5.41) is 9.18. The highest BCUT2D eigenvalue weighted by Gasteiger charge is 2.16. The maximum atomic E-state index is 12.6. The van der Waals surface area contributed by atoms with Gasteiger partial charge >= 0.3 is 0 Å². The minimum Gasteiger partial charge on any atom is -0.323 e. The second-order valence-electron chi connectivity index (χ2n) is 6.84. The van der Waals surface area contributed by atoms with E-state index in [4.69, 9.17) is 23.2 Å². The average Bonchev–Trinajstić information content (AvgIpc) is 3.00. The summed E-state index contributed by atoms with van der Waals surface area (Å²) in [6, 6.07) is 15.2. The third-order valence-corrected chi connectivity index (χ3v) is 5.18. The van der Waals surface area contributed by atoms with E-state index in [9.17, 15) is 4.79 Å². The van der Waals surface area contributed by atoms with Crippen LogP contribution in [0.3, 0.4) is 0 Å². The number of halogens is 2. The molecule has 2 aromatic heterocycles. The minimum atomic E-state index is -0.249. The molecule has 0 bridgehead atoms. The molecule has 1 N–H and O–H groups in total. The van der Waals surface area contributed by atoms with Crippen molar-refractivity contribution >= 4 is 45.8 Å². The summed E-state index contributed by atoms with van der Waals surface area (Å²) in [7, 11) is 0. The van der Waals surface area contributed by atoms with Crippen LogP contribution in [0.25, 0.3) is 22.2 Å². The molecule has 0 spiro atoms. The summed E-state index contributed by atoms with van der Waals surface area (Å²) in [5.74, 6) is -0.249. The van der Waals surface area contributed by atoms with Gasteiger partial charge in [-0.3, -0.25) is 4.79 Å². The van der Waals surface area contributed by atoms with E-state index in [-0.39, 0.29) is 12.5 Å². The summed E-state index contributed by atoms with van der Waals surface area (Å²) < 4.78 is 1.61. The second-order valence-corrected chi connectivity index (χ2v) is 7.69. The van der Waals surface area contributed by atoms with Gasteiger partial charge in [0.15, 0.2) is 5.65 Å². The summed E-state index contributed by atoms with van der Waals surface area (Å²) in [4.78, 5) is 17.1. The Labute approximate surface area is 178 Å². The Morgan fingerprint density at radius 3 is 2.69 bits per heavy atom. The van der Waals surface area contributed by atoms with Crippen LogP contribution < -0.4 is 5.32 Å². The SMILES string of the molecule is Cc1cccc(-c2ccnc3c2c(C)nn3CC(=O)Nc2ccc(Cl)cc2Cl)c1. The first-order valence-electron chi connectivity index (χ1n) is 9.06. The molecule has 0 saturated heterocycles. The van der Waals surface area contributed by atoms with Crippen molar-refractivity contribution in [2.24, 2.45) is 0 Å². The Morgan fingerprint density at radius 2 is 1.93 bits per heavy atom. The summed E-state index contributed by atoms with van der Waals surface area (Å²) in [5.41, 5.74) is 5.31. The van der Waals surface area contributed by atoms with Gasteiger partial charge in [0.25, 0.3) is 0 Å². The summed E-state index contributed by atoms with van der Waals surface area (Å²) in [6.45, 7) is 4.01. The smallest absolute Gasteiger partial charge is 0.246 e. The van der Waals surface area contributed by atoms with Gasteiger partial charge in [0, 0.05) is 16.6 Å². The lowest BCUT2D eigenvalue weighted by atomic mass is 10.0. The van der Waals surface area contributed by atoms with Crippen LogP contribution >= 0.6 is 23.2 Å². The number of nitrogens with one attached hydrogen (secondary N) is 1. The van der Waals surface area contributed by atoms with Crippen LogP contribution in [0.15, 0.2) is 54.7 Å². The molecular formula is C22H18Cl2N4O. The van der Waals surface area contributed by atoms with Crippen molar-refractivity contribution in [1.82, 2.24) is 14.8 Å². The lowest BCUT2D eigenvalue weighted by Gasteiger charge is -2.08. The Hall–Kier alpha value is -2.89. The van der Waals surface area contributed by atoms with Crippen molar-refractivity contribution in [3.63, 3.8) is 0 Å². The molecular weight excluding hydrogens is 407 g/mol. The van der Waals surface area contributed by atoms with Gasteiger partial charge < -0.3 is 5.32 Å². The zero-order valence-corrected chi connectivity index (χ0v) is 17.4. The van der Waals surface area contributed by atoms with Crippen LogP contribution in [0.1, 0.15) is 11.3 Å². The topological polar surface area (TPSA) is 59.8 Å². The van der Waals surface area contributed by atoms with E-state index in [0.29, 0.717) is 21.4 Å². The number of anilines is 1. The third-order valence-electron chi connectivity index (χ3n) is 4.64. The number of aryl methyl sites for hydroxylation is 2. The van der Waals surface area contributed by atoms with Gasteiger partial charge in [0.1, 0.15) is 6.54 Å². The summed E-state index contributed by atoms with van der Waals surface area (Å²) >= 11 is 12.1. The fourth-order valence-corrected chi connectivity index (χ4v) is 3.82. The van der Waals surface area contributed by atoms with E-state index in [1.165, 1.54) is 5.56 Å². The number of aromatic nitrogens is 3. The lowest BCUT2D eigenvalue weighted by Crippen LogP contribution is -2.20. The summed E-state index contributed by atoms with van der Waals surface area (Å²) in [6.07, 6.45) is 1.74. The number of pyridine rings is 1. The van der Waals surface area contributed by atoms with E-state index in [1.807, 2.05) is 19.1 Å². The Balaban J connectivity index is 1.67. The van der Waals surface area contributed by atoms with Crippen molar-refractivity contribution < 1.29 is 4.79 Å². The largest absolute Gasteiger partial charge is 0.323 e. The maximum absolute atomic E-state index is 12.6. The average molecular weight is 425 g/mol. The fourth-order valence-electron chi connectivity index (χ4n) is 3.36. The number of hydrogen-bond donors (Lipinski definition) is 1. The number of nitrogens with zero attached hydrogens (tertiary/aromatic N) is 3. The normalized spacial score (nSPS) is 11.0. The van der Waals surface area contributed by atoms with Crippen LogP contribution in [-0.4, -0.2) is 20.7 Å². The first kappa shape index (κ1) is 19.4. The van der Waals surface area contributed by atoms with Gasteiger partial charge in [-0.1, -0.05) is 53.0 Å². The number of amides is 1. The third kappa shape index (κ3) is 3.97. The van der Waals surface area contributed by atoms with E-state index < -0.39 is 0 Å². The number of rotatable bonds is 4. The van der Waals surface area contributed by atoms with E-state index in [2.05, 4.69) is 40.5 Å². The molecule has 0 aliphatic rings.